The quantitative estimate of drug-likeness (QED) is 0.542. The third-order valence-corrected chi connectivity index (χ3v) is 3.19. The lowest BCUT2D eigenvalue weighted by molar-refractivity contribution is 0.552. The van der Waals surface area contributed by atoms with Crippen LogP contribution >= 0.6 is 11.6 Å². The zero-order chi connectivity index (χ0) is 10.2. The highest BCUT2D eigenvalue weighted by molar-refractivity contribution is 6.31. The van der Waals surface area contributed by atoms with E-state index >= 15 is 0 Å². The van der Waals surface area contributed by atoms with Crippen LogP contribution in [0.1, 0.15) is 18.9 Å². The lowest BCUT2D eigenvalue weighted by Crippen LogP contribution is -2.05. The fourth-order valence-electron chi connectivity index (χ4n) is 1.89. The van der Waals surface area contributed by atoms with Gasteiger partial charge in [0, 0.05) is 5.02 Å². The number of rotatable bonds is 2. The monoisotopic (exact) mass is 207 g/mol. The number of hydrogen-bond donors (Lipinski definition) is 0. The van der Waals surface area contributed by atoms with E-state index in [2.05, 4.69) is 11.9 Å². The minimum Gasteiger partial charge on any atom is -0.211 e. The van der Waals surface area contributed by atoms with Gasteiger partial charge in [0.2, 0.25) is 6.08 Å². The molecule has 1 aliphatic rings. The van der Waals surface area contributed by atoms with Crippen molar-refractivity contribution in [2.75, 3.05) is 0 Å². The minimum absolute atomic E-state index is 0.379. The molecule has 0 bridgehead atoms. The molecule has 0 N–H and O–H groups in total. The van der Waals surface area contributed by atoms with Gasteiger partial charge in [0.25, 0.3) is 0 Å². The van der Waals surface area contributed by atoms with Crippen molar-refractivity contribution < 1.29 is 4.79 Å². The lowest BCUT2D eigenvalue weighted by Gasteiger charge is -2.11. The summed E-state index contributed by atoms with van der Waals surface area (Å²) in [5, 5.41) is 0.677. The number of aliphatic imine (C=N–C) groups is 1. The predicted molar refractivity (Wildman–Crippen MR) is 55.0 cm³/mol. The van der Waals surface area contributed by atoms with Crippen molar-refractivity contribution in [1.82, 2.24) is 0 Å². The summed E-state index contributed by atoms with van der Waals surface area (Å²) in [6.07, 6.45) is 2.52. The van der Waals surface area contributed by atoms with Crippen molar-refractivity contribution in [3.63, 3.8) is 0 Å². The Hall–Kier alpha value is -1.11. The van der Waals surface area contributed by atoms with Gasteiger partial charge in [-0.2, -0.15) is 4.99 Å². The molecule has 72 valence electrons. The molecule has 2 nitrogen and oxygen atoms in total. The van der Waals surface area contributed by atoms with Crippen LogP contribution in [0.4, 0.5) is 0 Å². The molecule has 14 heavy (non-hydrogen) atoms. The Bertz CT molecular complexity index is 412. The normalized spacial score (nSPS) is 29.4. The van der Waals surface area contributed by atoms with E-state index < -0.39 is 0 Å². The molecule has 0 aliphatic heterocycles. The molecular weight excluding hydrogens is 198 g/mol. The van der Waals surface area contributed by atoms with Gasteiger partial charge in [-0.3, -0.25) is 0 Å². The smallest absolute Gasteiger partial charge is 0.211 e. The molecule has 0 spiro atoms. The molecular formula is C11H10ClNO. The van der Waals surface area contributed by atoms with E-state index in [-0.39, 0.29) is 5.54 Å². The Kier molecular flexibility index (Phi) is 2.18. The summed E-state index contributed by atoms with van der Waals surface area (Å²) in [4.78, 5) is 14.2. The van der Waals surface area contributed by atoms with Crippen LogP contribution in [-0.4, -0.2) is 6.08 Å². The maximum Gasteiger partial charge on any atom is 0.235 e. The summed E-state index contributed by atoms with van der Waals surface area (Å²) in [6, 6.07) is 7.53. The summed E-state index contributed by atoms with van der Waals surface area (Å²) in [5.74, 6) is 0.379. The van der Waals surface area contributed by atoms with Crippen molar-refractivity contribution in [3.05, 3.63) is 34.9 Å². The molecule has 0 aromatic heterocycles. The molecule has 0 amide bonds. The molecule has 1 fully saturated rings. The standard InChI is InChI=1S/C11H10ClNO/c1-8-6-11(8,13-7-14)9-4-2-3-5-10(9)12/h2-5,8H,6H2,1H3. The van der Waals surface area contributed by atoms with Crippen LogP contribution < -0.4 is 0 Å². The predicted octanol–water partition coefficient (Wildman–Crippen LogP) is 2.91. The van der Waals surface area contributed by atoms with E-state index in [4.69, 9.17) is 11.6 Å². The van der Waals surface area contributed by atoms with E-state index in [1.807, 2.05) is 24.3 Å². The number of hydrogen-bond acceptors (Lipinski definition) is 2. The lowest BCUT2D eigenvalue weighted by atomic mass is 10.0. The largest absolute Gasteiger partial charge is 0.235 e. The second-order valence-corrected chi connectivity index (χ2v) is 4.12. The van der Waals surface area contributed by atoms with Crippen molar-refractivity contribution in [2.24, 2.45) is 10.9 Å². The summed E-state index contributed by atoms with van der Waals surface area (Å²) in [5.41, 5.74) is 0.553. The number of halogens is 1. The van der Waals surface area contributed by atoms with Gasteiger partial charge in [-0.1, -0.05) is 36.7 Å². The first-order chi connectivity index (χ1) is 6.70. The number of nitrogens with zero attached hydrogens (tertiary/aromatic N) is 1. The van der Waals surface area contributed by atoms with Crippen molar-refractivity contribution in [3.8, 4) is 0 Å². The second kappa shape index (κ2) is 3.23. The van der Waals surface area contributed by atoms with E-state index in [9.17, 15) is 4.79 Å². The average molecular weight is 208 g/mol. The fraction of sp³-hybridized carbons (Fsp3) is 0.364. The molecule has 2 unspecified atom stereocenters. The molecule has 1 aliphatic carbocycles. The van der Waals surface area contributed by atoms with Gasteiger partial charge >= 0.3 is 0 Å². The third kappa shape index (κ3) is 1.28. The number of benzene rings is 1. The van der Waals surface area contributed by atoms with Crippen LogP contribution in [-0.2, 0) is 10.3 Å². The average Bonchev–Trinajstić information content (AvgIpc) is 2.79. The Morgan fingerprint density at radius 3 is 2.71 bits per heavy atom. The van der Waals surface area contributed by atoms with Crippen LogP contribution in [0.15, 0.2) is 29.3 Å². The van der Waals surface area contributed by atoms with Crippen LogP contribution in [0, 0.1) is 5.92 Å². The van der Waals surface area contributed by atoms with Gasteiger partial charge in [-0.15, -0.1) is 0 Å². The first kappa shape index (κ1) is 9.45. The Balaban J connectivity index is 2.49. The van der Waals surface area contributed by atoms with E-state index in [1.54, 1.807) is 6.08 Å². The van der Waals surface area contributed by atoms with Crippen molar-refractivity contribution in [1.29, 1.82) is 0 Å². The summed E-state index contributed by atoms with van der Waals surface area (Å²) in [7, 11) is 0. The highest BCUT2D eigenvalue weighted by Gasteiger charge is 2.54. The van der Waals surface area contributed by atoms with Gasteiger partial charge in [0.1, 0.15) is 5.54 Å². The Morgan fingerprint density at radius 2 is 2.21 bits per heavy atom. The molecule has 0 radical (unpaired) electrons. The Labute approximate surface area is 87.6 Å². The summed E-state index contributed by atoms with van der Waals surface area (Å²) in [6.45, 7) is 2.06. The van der Waals surface area contributed by atoms with Crippen LogP contribution in [0.25, 0.3) is 0 Å². The second-order valence-electron chi connectivity index (χ2n) is 3.71. The van der Waals surface area contributed by atoms with Gasteiger partial charge in [-0.25, -0.2) is 4.79 Å². The first-order valence-corrected chi connectivity index (χ1v) is 4.92. The highest BCUT2D eigenvalue weighted by atomic mass is 35.5. The molecule has 1 saturated carbocycles. The van der Waals surface area contributed by atoms with Crippen LogP contribution in [0.2, 0.25) is 5.02 Å². The molecule has 2 atom stereocenters. The van der Waals surface area contributed by atoms with Gasteiger partial charge in [0.05, 0.1) is 0 Å². The maximum absolute atomic E-state index is 10.4. The molecule has 3 heteroatoms. The highest BCUT2D eigenvalue weighted by Crippen LogP contribution is 2.56. The number of isocyanates is 1. The zero-order valence-electron chi connectivity index (χ0n) is 7.83. The maximum atomic E-state index is 10.4. The summed E-state index contributed by atoms with van der Waals surface area (Å²) >= 11 is 6.06. The van der Waals surface area contributed by atoms with E-state index in [0.29, 0.717) is 10.9 Å². The van der Waals surface area contributed by atoms with Gasteiger partial charge in [0.15, 0.2) is 0 Å². The molecule has 0 heterocycles. The van der Waals surface area contributed by atoms with Gasteiger partial charge in [-0.05, 0) is 24.0 Å². The molecule has 1 aromatic rings. The van der Waals surface area contributed by atoms with E-state index in [0.717, 1.165) is 12.0 Å². The van der Waals surface area contributed by atoms with Crippen LogP contribution in [0.3, 0.4) is 0 Å². The minimum atomic E-state index is -0.389. The summed E-state index contributed by atoms with van der Waals surface area (Å²) < 4.78 is 0. The first-order valence-electron chi connectivity index (χ1n) is 4.55. The van der Waals surface area contributed by atoms with Crippen LogP contribution in [0.5, 0.6) is 0 Å². The van der Waals surface area contributed by atoms with E-state index in [1.165, 1.54) is 0 Å². The molecule has 1 aromatic carbocycles. The molecule has 0 saturated heterocycles. The zero-order valence-corrected chi connectivity index (χ0v) is 8.58. The van der Waals surface area contributed by atoms with Crippen molar-refractivity contribution >= 4 is 17.7 Å². The topological polar surface area (TPSA) is 29.4 Å². The Morgan fingerprint density at radius 1 is 1.57 bits per heavy atom. The third-order valence-electron chi connectivity index (χ3n) is 2.86. The molecule has 2 rings (SSSR count). The van der Waals surface area contributed by atoms with Gasteiger partial charge < -0.3 is 0 Å². The van der Waals surface area contributed by atoms with Crippen molar-refractivity contribution in [2.45, 2.75) is 18.9 Å². The fourth-order valence-corrected chi connectivity index (χ4v) is 2.19. The SMILES string of the molecule is CC1CC1(N=C=O)c1ccccc1Cl. The number of carbonyl (C=O) groups excluding carboxylic acids is 1.